The lowest BCUT2D eigenvalue weighted by Crippen LogP contribution is -2.49. The SMILES string of the molecule is CCC(C)NC(=O)CCNC(=O)C1(C)CCCNC1. The first-order chi connectivity index (χ1) is 8.98. The number of hydrogen-bond donors (Lipinski definition) is 3. The van der Waals surface area contributed by atoms with Gasteiger partial charge in [-0.15, -0.1) is 0 Å². The summed E-state index contributed by atoms with van der Waals surface area (Å²) < 4.78 is 0. The summed E-state index contributed by atoms with van der Waals surface area (Å²) >= 11 is 0. The first-order valence-electron chi connectivity index (χ1n) is 7.26. The molecule has 3 N–H and O–H groups in total. The molecule has 0 radical (unpaired) electrons. The zero-order valence-corrected chi connectivity index (χ0v) is 12.3. The van der Waals surface area contributed by atoms with Gasteiger partial charge in [0, 0.05) is 25.6 Å². The highest BCUT2D eigenvalue weighted by Crippen LogP contribution is 2.25. The van der Waals surface area contributed by atoms with Crippen LogP contribution in [-0.2, 0) is 9.59 Å². The van der Waals surface area contributed by atoms with E-state index >= 15 is 0 Å². The molecule has 0 aromatic rings. The van der Waals surface area contributed by atoms with E-state index in [1.54, 1.807) is 0 Å². The molecule has 2 atom stereocenters. The molecule has 1 rings (SSSR count). The Morgan fingerprint density at radius 1 is 1.42 bits per heavy atom. The van der Waals surface area contributed by atoms with Crippen LogP contribution in [0.2, 0.25) is 0 Å². The molecule has 5 heteroatoms. The molecular formula is C14H27N3O2. The summed E-state index contributed by atoms with van der Waals surface area (Å²) in [6, 6.07) is 0.197. The van der Waals surface area contributed by atoms with Crippen LogP contribution in [-0.4, -0.2) is 37.5 Å². The molecule has 0 aromatic carbocycles. The Balaban J connectivity index is 2.25. The molecule has 5 nitrogen and oxygen atoms in total. The van der Waals surface area contributed by atoms with Crippen LogP contribution in [0.4, 0.5) is 0 Å². The van der Waals surface area contributed by atoms with Crippen molar-refractivity contribution in [1.82, 2.24) is 16.0 Å². The molecule has 1 aliphatic heterocycles. The Kier molecular flexibility index (Phi) is 6.28. The van der Waals surface area contributed by atoms with E-state index < -0.39 is 0 Å². The van der Waals surface area contributed by atoms with Crippen LogP contribution in [0.5, 0.6) is 0 Å². The highest BCUT2D eigenvalue weighted by Gasteiger charge is 2.34. The highest BCUT2D eigenvalue weighted by molar-refractivity contribution is 5.83. The fourth-order valence-corrected chi connectivity index (χ4v) is 2.20. The van der Waals surface area contributed by atoms with Crippen molar-refractivity contribution in [2.75, 3.05) is 19.6 Å². The monoisotopic (exact) mass is 269 g/mol. The van der Waals surface area contributed by atoms with Crippen LogP contribution in [0.25, 0.3) is 0 Å². The smallest absolute Gasteiger partial charge is 0.227 e. The van der Waals surface area contributed by atoms with Crippen LogP contribution >= 0.6 is 0 Å². The third-order valence-electron chi connectivity index (χ3n) is 3.80. The van der Waals surface area contributed by atoms with Gasteiger partial charge >= 0.3 is 0 Å². The predicted octanol–water partition coefficient (Wildman–Crippen LogP) is 0.797. The Hall–Kier alpha value is -1.10. The zero-order valence-electron chi connectivity index (χ0n) is 12.3. The summed E-state index contributed by atoms with van der Waals surface area (Å²) in [6.07, 6.45) is 3.20. The van der Waals surface area contributed by atoms with Crippen LogP contribution in [0.1, 0.15) is 46.5 Å². The fraction of sp³-hybridized carbons (Fsp3) is 0.857. The first-order valence-corrected chi connectivity index (χ1v) is 7.26. The molecule has 2 amide bonds. The van der Waals surface area contributed by atoms with Gasteiger partial charge in [-0.25, -0.2) is 0 Å². The number of piperidine rings is 1. The molecule has 1 fully saturated rings. The standard InChI is InChI=1S/C14H27N3O2/c1-4-11(2)17-12(18)6-9-16-13(19)14(3)7-5-8-15-10-14/h11,15H,4-10H2,1-3H3,(H,16,19)(H,17,18). The number of carbonyl (C=O) groups excluding carboxylic acids is 2. The lowest BCUT2D eigenvalue weighted by Gasteiger charge is -2.32. The van der Waals surface area contributed by atoms with E-state index in [0.29, 0.717) is 13.0 Å². The predicted molar refractivity (Wildman–Crippen MR) is 75.7 cm³/mol. The van der Waals surface area contributed by atoms with Crippen LogP contribution in [0.15, 0.2) is 0 Å². The van der Waals surface area contributed by atoms with Crippen molar-refractivity contribution in [2.24, 2.45) is 5.41 Å². The molecule has 1 aliphatic rings. The Morgan fingerprint density at radius 3 is 2.74 bits per heavy atom. The van der Waals surface area contributed by atoms with Crippen LogP contribution < -0.4 is 16.0 Å². The van der Waals surface area contributed by atoms with E-state index in [2.05, 4.69) is 16.0 Å². The van der Waals surface area contributed by atoms with Gasteiger partial charge in [-0.1, -0.05) is 6.92 Å². The van der Waals surface area contributed by atoms with Crippen LogP contribution in [0, 0.1) is 5.41 Å². The topological polar surface area (TPSA) is 70.2 Å². The zero-order chi connectivity index (χ0) is 14.3. The van der Waals surface area contributed by atoms with Gasteiger partial charge in [0.15, 0.2) is 0 Å². The minimum Gasteiger partial charge on any atom is -0.355 e. The maximum atomic E-state index is 12.1. The molecule has 0 bridgehead atoms. The molecule has 0 aliphatic carbocycles. The van der Waals surface area contributed by atoms with Gasteiger partial charge in [0.25, 0.3) is 0 Å². The van der Waals surface area contributed by atoms with E-state index in [1.807, 2.05) is 20.8 Å². The maximum Gasteiger partial charge on any atom is 0.227 e. The van der Waals surface area contributed by atoms with Gasteiger partial charge in [-0.05, 0) is 39.7 Å². The van der Waals surface area contributed by atoms with Crippen molar-refractivity contribution >= 4 is 11.8 Å². The summed E-state index contributed by atoms with van der Waals surface area (Å²) in [7, 11) is 0. The second-order valence-corrected chi connectivity index (χ2v) is 5.72. The lowest BCUT2D eigenvalue weighted by atomic mass is 9.82. The Bertz CT molecular complexity index is 312. The fourth-order valence-electron chi connectivity index (χ4n) is 2.20. The average Bonchev–Trinajstić information content (AvgIpc) is 2.39. The molecule has 0 spiro atoms. The van der Waals surface area contributed by atoms with Crippen molar-refractivity contribution < 1.29 is 9.59 Å². The minimum absolute atomic E-state index is 0.00146. The highest BCUT2D eigenvalue weighted by atomic mass is 16.2. The van der Waals surface area contributed by atoms with Gasteiger partial charge in [-0.2, -0.15) is 0 Å². The number of nitrogens with one attached hydrogen (secondary N) is 3. The van der Waals surface area contributed by atoms with Gasteiger partial charge in [-0.3, -0.25) is 9.59 Å². The summed E-state index contributed by atoms with van der Waals surface area (Å²) in [5.74, 6) is 0.0533. The molecule has 0 aromatic heterocycles. The van der Waals surface area contributed by atoms with Crippen molar-refractivity contribution in [1.29, 1.82) is 0 Å². The molecule has 2 unspecified atom stereocenters. The quantitative estimate of drug-likeness (QED) is 0.668. The number of carbonyl (C=O) groups is 2. The summed E-state index contributed by atoms with van der Waals surface area (Å²) in [5.41, 5.74) is -0.328. The van der Waals surface area contributed by atoms with Crippen molar-refractivity contribution in [3.8, 4) is 0 Å². The normalized spacial score (nSPS) is 24.6. The summed E-state index contributed by atoms with van der Waals surface area (Å²) in [4.78, 5) is 23.7. The second kappa shape index (κ2) is 7.48. The van der Waals surface area contributed by atoms with E-state index in [-0.39, 0.29) is 23.3 Å². The van der Waals surface area contributed by atoms with E-state index in [9.17, 15) is 9.59 Å². The number of rotatable bonds is 6. The molecule has 1 saturated heterocycles. The molecule has 110 valence electrons. The third kappa shape index (κ3) is 5.19. The van der Waals surface area contributed by atoms with Crippen molar-refractivity contribution in [3.63, 3.8) is 0 Å². The lowest BCUT2D eigenvalue weighted by molar-refractivity contribution is -0.131. The van der Waals surface area contributed by atoms with Gasteiger partial charge in [0.05, 0.1) is 5.41 Å². The van der Waals surface area contributed by atoms with Gasteiger partial charge < -0.3 is 16.0 Å². The molecule has 19 heavy (non-hydrogen) atoms. The number of amides is 2. The number of hydrogen-bond acceptors (Lipinski definition) is 3. The van der Waals surface area contributed by atoms with E-state index in [0.717, 1.165) is 32.4 Å². The average molecular weight is 269 g/mol. The summed E-state index contributed by atoms with van der Waals surface area (Å²) in [5, 5.41) is 9.01. The largest absolute Gasteiger partial charge is 0.355 e. The van der Waals surface area contributed by atoms with Crippen molar-refractivity contribution in [2.45, 2.75) is 52.5 Å². The molecule has 0 saturated carbocycles. The Morgan fingerprint density at radius 2 is 2.16 bits per heavy atom. The van der Waals surface area contributed by atoms with Crippen LogP contribution in [0.3, 0.4) is 0 Å². The molecule has 1 heterocycles. The first kappa shape index (κ1) is 16.0. The van der Waals surface area contributed by atoms with E-state index in [1.165, 1.54) is 0 Å². The second-order valence-electron chi connectivity index (χ2n) is 5.72. The summed E-state index contributed by atoms with van der Waals surface area (Å²) in [6.45, 7) is 8.11. The Labute approximate surface area is 115 Å². The van der Waals surface area contributed by atoms with Crippen molar-refractivity contribution in [3.05, 3.63) is 0 Å². The molecular weight excluding hydrogens is 242 g/mol. The maximum absolute atomic E-state index is 12.1. The van der Waals surface area contributed by atoms with Gasteiger partial charge in [0.2, 0.25) is 11.8 Å². The van der Waals surface area contributed by atoms with Gasteiger partial charge in [0.1, 0.15) is 0 Å². The van der Waals surface area contributed by atoms with E-state index in [4.69, 9.17) is 0 Å². The third-order valence-corrected chi connectivity index (χ3v) is 3.80. The minimum atomic E-state index is -0.328.